The molecule has 0 saturated carbocycles. The molecule has 0 radical (unpaired) electrons. The van der Waals surface area contributed by atoms with Gasteiger partial charge >= 0.3 is 5.97 Å². The summed E-state index contributed by atoms with van der Waals surface area (Å²) in [5.41, 5.74) is 0. The molecule has 0 heterocycles. The summed E-state index contributed by atoms with van der Waals surface area (Å²) in [4.78, 5) is 22.7. The summed E-state index contributed by atoms with van der Waals surface area (Å²) in [7, 11) is 0. The number of hydrogen-bond acceptors (Lipinski definition) is 3. The number of esters is 1. The predicted molar refractivity (Wildman–Crippen MR) is 68.7 cm³/mol. The van der Waals surface area contributed by atoms with Gasteiger partial charge in [-0.25, -0.2) is 0 Å². The minimum Gasteiger partial charge on any atom is -0.465 e. The first kappa shape index (κ1) is 16.1. The zero-order valence-electron chi connectivity index (χ0n) is 11.6. The SMILES string of the molecule is CCC(CC)COC(=O)CCCC(=O)C(C)C. The van der Waals surface area contributed by atoms with Gasteiger partial charge in [-0.3, -0.25) is 9.59 Å². The Morgan fingerprint density at radius 3 is 2.12 bits per heavy atom. The van der Waals surface area contributed by atoms with E-state index >= 15 is 0 Å². The molecule has 0 atom stereocenters. The van der Waals surface area contributed by atoms with Crippen molar-refractivity contribution in [3.63, 3.8) is 0 Å². The number of rotatable bonds is 9. The fourth-order valence-electron chi connectivity index (χ4n) is 1.50. The highest BCUT2D eigenvalue weighted by Gasteiger charge is 2.11. The summed E-state index contributed by atoms with van der Waals surface area (Å²) < 4.78 is 5.18. The van der Waals surface area contributed by atoms with Crippen LogP contribution in [0.5, 0.6) is 0 Å². The number of hydrogen-bond donors (Lipinski definition) is 0. The molecule has 0 bridgehead atoms. The van der Waals surface area contributed by atoms with Crippen LogP contribution in [0.4, 0.5) is 0 Å². The first-order valence-corrected chi connectivity index (χ1v) is 6.69. The molecule has 0 aliphatic rings. The summed E-state index contributed by atoms with van der Waals surface area (Å²) >= 11 is 0. The van der Waals surface area contributed by atoms with E-state index in [0.717, 1.165) is 12.8 Å². The Bertz CT molecular complexity index is 230. The van der Waals surface area contributed by atoms with Crippen LogP contribution >= 0.6 is 0 Å². The Morgan fingerprint density at radius 1 is 1.06 bits per heavy atom. The molecule has 0 unspecified atom stereocenters. The topological polar surface area (TPSA) is 43.4 Å². The molecule has 100 valence electrons. The van der Waals surface area contributed by atoms with Crippen molar-refractivity contribution in [2.24, 2.45) is 11.8 Å². The van der Waals surface area contributed by atoms with E-state index in [1.807, 2.05) is 13.8 Å². The number of carbonyl (C=O) groups excluding carboxylic acids is 2. The van der Waals surface area contributed by atoms with E-state index in [2.05, 4.69) is 13.8 Å². The smallest absolute Gasteiger partial charge is 0.305 e. The highest BCUT2D eigenvalue weighted by molar-refractivity contribution is 5.80. The highest BCUT2D eigenvalue weighted by Crippen LogP contribution is 2.09. The van der Waals surface area contributed by atoms with Gasteiger partial charge in [0.2, 0.25) is 0 Å². The molecule has 0 N–H and O–H groups in total. The van der Waals surface area contributed by atoms with Gasteiger partial charge in [-0.05, 0) is 12.3 Å². The molecule has 3 nitrogen and oxygen atoms in total. The zero-order valence-corrected chi connectivity index (χ0v) is 11.6. The molecule has 0 aliphatic carbocycles. The normalized spacial score (nSPS) is 10.9. The molecule has 3 heteroatoms. The van der Waals surface area contributed by atoms with Gasteiger partial charge in [-0.2, -0.15) is 0 Å². The third-order valence-corrected chi connectivity index (χ3v) is 3.08. The van der Waals surface area contributed by atoms with Crippen molar-refractivity contribution in [1.82, 2.24) is 0 Å². The van der Waals surface area contributed by atoms with E-state index < -0.39 is 0 Å². The van der Waals surface area contributed by atoms with Crippen molar-refractivity contribution < 1.29 is 14.3 Å². The summed E-state index contributed by atoms with van der Waals surface area (Å²) in [6, 6.07) is 0. The Balaban J connectivity index is 3.63. The fraction of sp³-hybridized carbons (Fsp3) is 0.857. The third kappa shape index (κ3) is 7.94. The number of Topliss-reactive ketones (excluding diaryl/α,β-unsaturated/α-hetero) is 1. The van der Waals surface area contributed by atoms with Crippen molar-refractivity contribution in [3.05, 3.63) is 0 Å². The monoisotopic (exact) mass is 242 g/mol. The van der Waals surface area contributed by atoms with Crippen LogP contribution in [0.15, 0.2) is 0 Å². The van der Waals surface area contributed by atoms with Gasteiger partial charge in [0, 0.05) is 18.8 Å². The lowest BCUT2D eigenvalue weighted by Crippen LogP contribution is -2.14. The van der Waals surface area contributed by atoms with E-state index in [-0.39, 0.29) is 17.7 Å². The van der Waals surface area contributed by atoms with Crippen LogP contribution in [0, 0.1) is 11.8 Å². The first-order valence-electron chi connectivity index (χ1n) is 6.69. The number of carbonyl (C=O) groups is 2. The van der Waals surface area contributed by atoms with Gasteiger partial charge < -0.3 is 4.74 Å². The Morgan fingerprint density at radius 2 is 1.65 bits per heavy atom. The van der Waals surface area contributed by atoms with Gasteiger partial charge in [-0.1, -0.05) is 40.5 Å². The average molecular weight is 242 g/mol. The Labute approximate surface area is 105 Å². The van der Waals surface area contributed by atoms with Crippen molar-refractivity contribution in [1.29, 1.82) is 0 Å². The number of ether oxygens (including phenoxy) is 1. The molecule has 0 aromatic carbocycles. The molecule has 0 aromatic heterocycles. The van der Waals surface area contributed by atoms with Crippen LogP contribution in [0.3, 0.4) is 0 Å². The third-order valence-electron chi connectivity index (χ3n) is 3.08. The predicted octanol–water partition coefficient (Wildman–Crippen LogP) is 3.36. The van der Waals surface area contributed by atoms with Crippen LogP contribution in [-0.2, 0) is 14.3 Å². The van der Waals surface area contributed by atoms with Crippen LogP contribution in [0.2, 0.25) is 0 Å². The van der Waals surface area contributed by atoms with E-state index in [9.17, 15) is 9.59 Å². The van der Waals surface area contributed by atoms with E-state index in [1.165, 1.54) is 0 Å². The minimum atomic E-state index is -0.173. The first-order chi connectivity index (χ1) is 8.01. The second-order valence-corrected chi connectivity index (χ2v) is 4.84. The van der Waals surface area contributed by atoms with E-state index in [4.69, 9.17) is 4.74 Å². The summed E-state index contributed by atoms with van der Waals surface area (Å²) in [5, 5.41) is 0. The van der Waals surface area contributed by atoms with Gasteiger partial charge in [0.1, 0.15) is 5.78 Å². The molecule has 0 aromatic rings. The van der Waals surface area contributed by atoms with Gasteiger partial charge in [0.05, 0.1) is 6.61 Å². The highest BCUT2D eigenvalue weighted by atomic mass is 16.5. The van der Waals surface area contributed by atoms with Crippen LogP contribution in [0.25, 0.3) is 0 Å². The van der Waals surface area contributed by atoms with Gasteiger partial charge in [-0.15, -0.1) is 0 Å². The second-order valence-electron chi connectivity index (χ2n) is 4.84. The maximum Gasteiger partial charge on any atom is 0.305 e. The molecule has 17 heavy (non-hydrogen) atoms. The van der Waals surface area contributed by atoms with Crippen molar-refractivity contribution in [2.45, 2.75) is 59.8 Å². The molecule has 0 spiro atoms. The molecule has 0 rings (SSSR count). The fourth-order valence-corrected chi connectivity index (χ4v) is 1.50. The summed E-state index contributed by atoms with van der Waals surface area (Å²) in [6.45, 7) is 8.48. The van der Waals surface area contributed by atoms with Crippen LogP contribution < -0.4 is 0 Å². The second kappa shape index (κ2) is 9.20. The zero-order chi connectivity index (χ0) is 13.3. The van der Waals surface area contributed by atoms with Crippen molar-refractivity contribution >= 4 is 11.8 Å². The number of ketones is 1. The lowest BCUT2D eigenvalue weighted by Gasteiger charge is -2.12. The lowest BCUT2D eigenvalue weighted by atomic mass is 10.0. The summed E-state index contributed by atoms with van der Waals surface area (Å²) in [5.74, 6) is 0.582. The van der Waals surface area contributed by atoms with Gasteiger partial charge in [0.25, 0.3) is 0 Å². The van der Waals surface area contributed by atoms with E-state index in [1.54, 1.807) is 0 Å². The van der Waals surface area contributed by atoms with E-state index in [0.29, 0.717) is 31.8 Å². The van der Waals surface area contributed by atoms with Gasteiger partial charge in [0.15, 0.2) is 0 Å². The molecule has 0 fully saturated rings. The molecular formula is C14H26O3. The quantitative estimate of drug-likeness (QED) is 0.582. The average Bonchev–Trinajstić information content (AvgIpc) is 2.30. The maximum absolute atomic E-state index is 11.4. The minimum absolute atomic E-state index is 0.0654. The van der Waals surface area contributed by atoms with Crippen LogP contribution in [0.1, 0.15) is 59.8 Å². The Hall–Kier alpha value is -0.860. The lowest BCUT2D eigenvalue weighted by molar-refractivity contribution is -0.145. The van der Waals surface area contributed by atoms with Crippen molar-refractivity contribution in [2.75, 3.05) is 6.61 Å². The largest absolute Gasteiger partial charge is 0.465 e. The molecular weight excluding hydrogens is 216 g/mol. The summed E-state index contributed by atoms with van der Waals surface area (Å²) in [6.07, 6.45) is 3.53. The van der Waals surface area contributed by atoms with Crippen molar-refractivity contribution in [3.8, 4) is 0 Å². The molecule has 0 aliphatic heterocycles. The molecule has 0 amide bonds. The standard InChI is InChI=1S/C14H26O3/c1-5-12(6-2)10-17-14(16)9-7-8-13(15)11(3)4/h11-12H,5-10H2,1-4H3. The Kier molecular flexibility index (Phi) is 8.73. The van der Waals surface area contributed by atoms with Crippen LogP contribution in [-0.4, -0.2) is 18.4 Å². The molecule has 0 saturated heterocycles. The maximum atomic E-state index is 11.4.